The van der Waals surface area contributed by atoms with Crippen LogP contribution in [0.3, 0.4) is 0 Å². The predicted octanol–water partition coefficient (Wildman–Crippen LogP) is 7.55. The van der Waals surface area contributed by atoms with Crippen molar-refractivity contribution >= 4 is 29.2 Å². The van der Waals surface area contributed by atoms with E-state index in [0.717, 1.165) is 0 Å². The highest BCUT2D eigenvalue weighted by atomic mass is 35.5. The summed E-state index contributed by atoms with van der Waals surface area (Å²) in [7, 11) is 0. The number of hydrogen-bond acceptors (Lipinski definition) is 2. The van der Waals surface area contributed by atoms with Gasteiger partial charge in [0.1, 0.15) is 5.56 Å². The van der Waals surface area contributed by atoms with Crippen LogP contribution >= 0.6 is 23.2 Å². The van der Waals surface area contributed by atoms with Gasteiger partial charge in [0.15, 0.2) is 0 Å². The zero-order valence-corrected chi connectivity index (χ0v) is 19.4. The Balaban J connectivity index is 2.45. The molecule has 12 heteroatoms. The van der Waals surface area contributed by atoms with E-state index in [-0.39, 0.29) is 45.7 Å². The van der Waals surface area contributed by atoms with Crippen LogP contribution in [-0.4, -0.2) is 15.6 Å². The monoisotopic (exact) mass is 537 g/mol. The van der Waals surface area contributed by atoms with E-state index in [1.165, 1.54) is 29.7 Å². The molecule has 1 N–H and O–H groups in total. The first kappa shape index (κ1) is 26.6. The van der Waals surface area contributed by atoms with Crippen LogP contribution in [0.5, 0.6) is 0 Å². The Morgan fingerprint density at radius 2 is 1.49 bits per heavy atom. The van der Waals surface area contributed by atoms with Crippen LogP contribution in [0.1, 0.15) is 34.1 Å². The van der Waals surface area contributed by atoms with Crippen molar-refractivity contribution in [3.63, 3.8) is 0 Å². The molecular weight excluding hydrogens is 523 g/mol. The number of carbonyl (C=O) groups is 1. The van der Waals surface area contributed by atoms with Gasteiger partial charge in [-0.1, -0.05) is 35.3 Å². The van der Waals surface area contributed by atoms with E-state index in [1.807, 2.05) is 0 Å². The third kappa shape index (κ3) is 4.90. The third-order valence-corrected chi connectivity index (χ3v) is 6.11. The van der Waals surface area contributed by atoms with Crippen molar-refractivity contribution in [3.8, 4) is 22.4 Å². The molecule has 186 valence electrons. The largest absolute Gasteiger partial charge is 0.477 e. The molecule has 0 atom stereocenters. The van der Waals surface area contributed by atoms with E-state index < -0.39 is 51.6 Å². The van der Waals surface area contributed by atoms with Crippen molar-refractivity contribution < 1.29 is 36.2 Å². The molecule has 0 aliphatic heterocycles. The molecule has 3 rings (SSSR count). The number of benzene rings is 2. The highest BCUT2D eigenvalue weighted by Gasteiger charge is 2.43. The average Bonchev–Trinajstić information content (AvgIpc) is 2.73. The molecule has 0 aliphatic carbocycles. The van der Waals surface area contributed by atoms with Crippen molar-refractivity contribution in [2.24, 2.45) is 0 Å². The van der Waals surface area contributed by atoms with Gasteiger partial charge in [-0.25, -0.2) is 4.79 Å². The second-order valence-corrected chi connectivity index (χ2v) is 8.26. The maximum Gasteiger partial charge on any atom is 0.417 e. The topological polar surface area (TPSA) is 59.3 Å². The molecule has 0 fully saturated rings. The van der Waals surface area contributed by atoms with Crippen molar-refractivity contribution in [1.82, 2.24) is 4.57 Å². The number of pyridine rings is 1. The van der Waals surface area contributed by atoms with Gasteiger partial charge in [-0.15, -0.1) is 0 Å². The van der Waals surface area contributed by atoms with Crippen molar-refractivity contribution in [3.05, 3.63) is 79.1 Å². The van der Waals surface area contributed by atoms with Gasteiger partial charge in [0, 0.05) is 23.4 Å². The minimum Gasteiger partial charge on any atom is -0.477 e. The Morgan fingerprint density at radius 1 is 0.914 bits per heavy atom. The zero-order chi connectivity index (χ0) is 26.5. The minimum atomic E-state index is -5.38. The lowest BCUT2D eigenvalue weighted by molar-refractivity contribution is -0.162. The number of rotatable bonds is 4. The number of aromatic carboxylic acids is 1. The molecule has 1 heterocycles. The van der Waals surface area contributed by atoms with Gasteiger partial charge in [-0.3, -0.25) is 4.79 Å². The third-order valence-electron chi connectivity index (χ3n) is 5.37. The fraction of sp³-hybridized carbons (Fsp3) is 0.217. The zero-order valence-electron chi connectivity index (χ0n) is 17.9. The molecule has 0 radical (unpaired) electrons. The van der Waals surface area contributed by atoms with Gasteiger partial charge in [0.25, 0.3) is 0 Å². The Hall–Kier alpha value is -2.98. The van der Waals surface area contributed by atoms with Crippen LogP contribution in [0.25, 0.3) is 22.4 Å². The molecule has 0 aliphatic rings. The summed E-state index contributed by atoms with van der Waals surface area (Å²) in [6.45, 7) is 3.03. The Kier molecular flexibility index (Phi) is 7.02. The summed E-state index contributed by atoms with van der Waals surface area (Å²) in [6.07, 6.45) is -10.7. The number of carboxylic acids is 1. The molecule has 0 bridgehead atoms. The quantitative estimate of drug-likeness (QED) is 0.349. The van der Waals surface area contributed by atoms with Crippen LogP contribution in [0.15, 0.2) is 41.2 Å². The summed E-state index contributed by atoms with van der Waals surface area (Å²) < 4.78 is 81.4. The minimum absolute atomic E-state index is 0.0523. The van der Waals surface area contributed by atoms with E-state index in [2.05, 4.69) is 0 Å². The summed E-state index contributed by atoms with van der Waals surface area (Å²) in [4.78, 5) is 25.5. The molecule has 0 unspecified atom stereocenters. The average molecular weight is 538 g/mol. The Bertz CT molecular complexity index is 1390. The molecule has 0 saturated heterocycles. The molecule has 2 aromatic carbocycles. The number of halogens is 8. The first-order valence-electron chi connectivity index (χ1n) is 9.84. The lowest BCUT2D eigenvalue weighted by Crippen LogP contribution is -2.25. The van der Waals surface area contributed by atoms with Gasteiger partial charge in [0.2, 0.25) is 5.43 Å². The highest BCUT2D eigenvalue weighted by Crippen LogP contribution is 2.42. The van der Waals surface area contributed by atoms with Gasteiger partial charge < -0.3 is 9.67 Å². The second-order valence-electron chi connectivity index (χ2n) is 7.45. The normalized spacial score (nSPS) is 12.2. The predicted molar refractivity (Wildman–Crippen MR) is 119 cm³/mol. The smallest absolute Gasteiger partial charge is 0.417 e. The maximum atomic E-state index is 13.5. The van der Waals surface area contributed by atoms with E-state index >= 15 is 0 Å². The summed E-state index contributed by atoms with van der Waals surface area (Å²) in [5.74, 6) is -1.68. The summed E-state index contributed by atoms with van der Waals surface area (Å²) in [5.41, 5.74) is -6.64. The molecule has 0 saturated carbocycles. The molecule has 0 spiro atoms. The van der Waals surface area contributed by atoms with Crippen molar-refractivity contribution in [2.45, 2.75) is 32.7 Å². The Labute approximate surface area is 204 Å². The molecule has 35 heavy (non-hydrogen) atoms. The summed E-state index contributed by atoms with van der Waals surface area (Å²) in [6, 6.07) is 5.27. The fourth-order valence-electron chi connectivity index (χ4n) is 3.89. The van der Waals surface area contributed by atoms with Gasteiger partial charge in [-0.05, 0) is 43.7 Å². The van der Waals surface area contributed by atoms with Crippen molar-refractivity contribution in [1.29, 1.82) is 0 Å². The van der Waals surface area contributed by atoms with Crippen LogP contribution in [0.4, 0.5) is 26.3 Å². The number of hydrogen-bond donors (Lipinski definition) is 1. The number of aromatic nitrogens is 1. The first-order valence-corrected chi connectivity index (χ1v) is 10.6. The van der Waals surface area contributed by atoms with E-state index in [1.54, 1.807) is 6.92 Å². The lowest BCUT2D eigenvalue weighted by atomic mass is 9.93. The number of carboxylic acid groups (broad SMARTS) is 1. The van der Waals surface area contributed by atoms with Gasteiger partial charge >= 0.3 is 18.3 Å². The standard InChI is InChI=1S/C23H15Cl2F6NO3/c1-3-32-10(2)17(11-4-6-13(22(26,27)28)14(8-11)23(29,30)31)20(33)18(21(34)35)19(32)12-5-7-15(24)16(25)9-12/h4-9H,3H2,1-2H3,(H,34,35). The molecule has 1 aromatic heterocycles. The van der Waals surface area contributed by atoms with Crippen LogP contribution in [0.2, 0.25) is 10.0 Å². The van der Waals surface area contributed by atoms with Gasteiger partial charge in [0.05, 0.1) is 26.9 Å². The number of alkyl halides is 6. The second kappa shape index (κ2) is 9.23. The molecular formula is C23H15Cl2F6NO3. The van der Waals surface area contributed by atoms with Gasteiger partial charge in [-0.2, -0.15) is 26.3 Å². The van der Waals surface area contributed by atoms with E-state index in [9.17, 15) is 41.0 Å². The van der Waals surface area contributed by atoms with E-state index in [0.29, 0.717) is 6.07 Å². The van der Waals surface area contributed by atoms with Crippen LogP contribution < -0.4 is 5.43 Å². The lowest BCUT2D eigenvalue weighted by Gasteiger charge is -2.22. The Morgan fingerprint density at radius 3 is 1.97 bits per heavy atom. The van der Waals surface area contributed by atoms with Crippen molar-refractivity contribution in [2.75, 3.05) is 0 Å². The fourth-order valence-corrected chi connectivity index (χ4v) is 4.19. The number of nitrogens with zero attached hydrogens (tertiary/aromatic N) is 1. The molecule has 4 nitrogen and oxygen atoms in total. The van der Waals surface area contributed by atoms with Crippen LogP contribution in [-0.2, 0) is 18.9 Å². The highest BCUT2D eigenvalue weighted by molar-refractivity contribution is 6.42. The maximum absolute atomic E-state index is 13.5. The van der Waals surface area contributed by atoms with E-state index in [4.69, 9.17) is 23.2 Å². The molecule has 0 amide bonds. The summed E-state index contributed by atoms with van der Waals surface area (Å²) >= 11 is 12.0. The summed E-state index contributed by atoms with van der Waals surface area (Å²) in [5, 5.41) is 10.1. The van der Waals surface area contributed by atoms with Crippen LogP contribution in [0, 0.1) is 6.92 Å². The SMILES string of the molecule is CCn1c(C)c(-c2ccc(C(F)(F)F)c(C(F)(F)F)c2)c(=O)c(C(=O)O)c1-c1ccc(Cl)c(Cl)c1. The first-order chi connectivity index (χ1) is 16.1. The molecule has 3 aromatic rings.